The summed E-state index contributed by atoms with van der Waals surface area (Å²) in [7, 11) is 0. The summed E-state index contributed by atoms with van der Waals surface area (Å²) in [5.74, 6) is 0.619. The highest BCUT2D eigenvalue weighted by Crippen LogP contribution is 2.37. The number of hydrogen-bond donors (Lipinski definition) is 0. The minimum absolute atomic E-state index is 0.282. The van der Waals surface area contributed by atoms with Gasteiger partial charge in [-0.2, -0.15) is 0 Å². The van der Waals surface area contributed by atoms with E-state index in [-0.39, 0.29) is 10.9 Å². The van der Waals surface area contributed by atoms with Crippen LogP contribution in [0, 0.1) is 5.92 Å². The zero-order chi connectivity index (χ0) is 13.9. The molecule has 2 aromatic carbocycles. The van der Waals surface area contributed by atoms with Gasteiger partial charge in [0.15, 0.2) is 0 Å². The van der Waals surface area contributed by atoms with E-state index in [1.54, 1.807) is 0 Å². The van der Waals surface area contributed by atoms with E-state index in [2.05, 4.69) is 71.4 Å². The molecule has 3 atom stereocenters. The van der Waals surface area contributed by atoms with E-state index in [9.17, 15) is 0 Å². The van der Waals surface area contributed by atoms with E-state index >= 15 is 0 Å². The Morgan fingerprint density at radius 3 is 2.25 bits per heavy atom. The second-order valence-corrected chi connectivity index (χ2v) is 6.48. The molecule has 0 spiro atoms. The van der Waals surface area contributed by atoms with Crippen LogP contribution in [0.4, 0.5) is 0 Å². The SMILES string of the molecule is CC1CCOC1C(Br)c1ccc(-c2ccccc2)cc1. The zero-order valence-corrected chi connectivity index (χ0v) is 13.2. The van der Waals surface area contributed by atoms with Gasteiger partial charge in [0.05, 0.1) is 10.9 Å². The summed E-state index contributed by atoms with van der Waals surface area (Å²) in [6.07, 6.45) is 1.45. The van der Waals surface area contributed by atoms with E-state index < -0.39 is 0 Å². The van der Waals surface area contributed by atoms with E-state index in [1.165, 1.54) is 16.7 Å². The average molecular weight is 331 g/mol. The molecule has 2 aromatic rings. The molecule has 3 rings (SSSR count). The lowest BCUT2D eigenvalue weighted by Crippen LogP contribution is -2.19. The number of alkyl halides is 1. The Bertz CT molecular complexity index is 549. The van der Waals surface area contributed by atoms with Gasteiger partial charge in [-0.25, -0.2) is 0 Å². The highest BCUT2D eigenvalue weighted by molar-refractivity contribution is 9.09. The van der Waals surface area contributed by atoms with Crippen LogP contribution in [0.3, 0.4) is 0 Å². The first-order chi connectivity index (χ1) is 9.75. The number of rotatable bonds is 3. The zero-order valence-electron chi connectivity index (χ0n) is 11.6. The predicted octanol–water partition coefficient (Wildman–Crippen LogP) is 5.21. The van der Waals surface area contributed by atoms with Crippen LogP contribution in [0.15, 0.2) is 54.6 Å². The molecular weight excluding hydrogens is 312 g/mol. The molecule has 0 saturated carbocycles. The van der Waals surface area contributed by atoms with Crippen molar-refractivity contribution < 1.29 is 4.74 Å². The molecule has 0 N–H and O–H groups in total. The van der Waals surface area contributed by atoms with Gasteiger partial charge in [0.1, 0.15) is 0 Å². The highest BCUT2D eigenvalue weighted by atomic mass is 79.9. The maximum Gasteiger partial charge on any atom is 0.0767 e. The first kappa shape index (κ1) is 13.8. The molecule has 1 fully saturated rings. The van der Waals surface area contributed by atoms with Gasteiger partial charge in [-0.05, 0) is 29.0 Å². The Balaban J connectivity index is 1.79. The summed E-state index contributed by atoms with van der Waals surface area (Å²) in [5.41, 5.74) is 3.81. The smallest absolute Gasteiger partial charge is 0.0767 e. The van der Waals surface area contributed by atoms with E-state index in [0.717, 1.165) is 13.0 Å². The molecule has 0 radical (unpaired) electrons. The number of hydrogen-bond acceptors (Lipinski definition) is 1. The maximum absolute atomic E-state index is 5.85. The summed E-state index contributed by atoms with van der Waals surface area (Å²) in [4.78, 5) is 0.282. The third kappa shape index (κ3) is 2.82. The van der Waals surface area contributed by atoms with Crippen LogP contribution in [-0.4, -0.2) is 12.7 Å². The Morgan fingerprint density at radius 2 is 1.65 bits per heavy atom. The fourth-order valence-electron chi connectivity index (χ4n) is 2.77. The quantitative estimate of drug-likeness (QED) is 0.701. The van der Waals surface area contributed by atoms with Gasteiger partial charge in [-0.15, -0.1) is 0 Å². The fourth-order valence-corrected chi connectivity index (χ4v) is 3.75. The first-order valence-corrected chi connectivity index (χ1v) is 8.08. The van der Waals surface area contributed by atoms with Gasteiger partial charge < -0.3 is 4.74 Å². The fraction of sp³-hybridized carbons (Fsp3) is 0.333. The topological polar surface area (TPSA) is 9.23 Å². The molecular formula is C18H19BrO. The van der Waals surface area contributed by atoms with Crippen LogP contribution in [0.25, 0.3) is 11.1 Å². The van der Waals surface area contributed by atoms with Crippen LogP contribution in [-0.2, 0) is 4.74 Å². The van der Waals surface area contributed by atoms with Crippen molar-refractivity contribution in [3.63, 3.8) is 0 Å². The molecule has 0 aromatic heterocycles. The van der Waals surface area contributed by atoms with E-state index in [1.807, 2.05) is 6.07 Å². The molecule has 0 aliphatic carbocycles. The van der Waals surface area contributed by atoms with Crippen molar-refractivity contribution in [2.75, 3.05) is 6.61 Å². The average Bonchev–Trinajstić information content (AvgIpc) is 2.94. The normalized spacial score (nSPS) is 23.7. The van der Waals surface area contributed by atoms with E-state index in [4.69, 9.17) is 4.74 Å². The highest BCUT2D eigenvalue weighted by Gasteiger charge is 2.31. The van der Waals surface area contributed by atoms with Gasteiger partial charge in [-0.1, -0.05) is 77.5 Å². The molecule has 1 aliphatic heterocycles. The van der Waals surface area contributed by atoms with Gasteiger partial charge in [0.25, 0.3) is 0 Å². The third-order valence-corrected chi connectivity index (χ3v) is 5.12. The molecule has 20 heavy (non-hydrogen) atoms. The minimum Gasteiger partial charge on any atom is -0.376 e. The van der Waals surface area contributed by atoms with Crippen molar-refractivity contribution in [2.45, 2.75) is 24.3 Å². The second-order valence-electron chi connectivity index (χ2n) is 5.49. The molecule has 0 bridgehead atoms. The maximum atomic E-state index is 5.85. The second kappa shape index (κ2) is 6.11. The summed E-state index contributed by atoms with van der Waals surface area (Å²) >= 11 is 3.81. The van der Waals surface area contributed by atoms with Gasteiger partial charge >= 0.3 is 0 Å². The summed E-state index contributed by atoms with van der Waals surface area (Å²) in [6.45, 7) is 3.15. The van der Waals surface area contributed by atoms with Crippen molar-refractivity contribution in [1.29, 1.82) is 0 Å². The van der Waals surface area contributed by atoms with E-state index in [0.29, 0.717) is 5.92 Å². The molecule has 1 heterocycles. The van der Waals surface area contributed by atoms with Crippen LogP contribution >= 0.6 is 15.9 Å². The number of ether oxygens (including phenoxy) is 1. The summed E-state index contributed by atoms with van der Waals surface area (Å²) in [5, 5.41) is 0. The first-order valence-electron chi connectivity index (χ1n) is 7.17. The molecule has 1 saturated heterocycles. The van der Waals surface area contributed by atoms with Crippen LogP contribution in [0.5, 0.6) is 0 Å². The largest absolute Gasteiger partial charge is 0.376 e. The molecule has 1 nitrogen and oxygen atoms in total. The Morgan fingerprint density at radius 1 is 1.00 bits per heavy atom. The lowest BCUT2D eigenvalue weighted by Gasteiger charge is -2.21. The molecule has 0 amide bonds. The van der Waals surface area contributed by atoms with Crippen molar-refractivity contribution in [1.82, 2.24) is 0 Å². The van der Waals surface area contributed by atoms with Crippen LogP contribution in [0.2, 0.25) is 0 Å². The van der Waals surface area contributed by atoms with Crippen molar-refractivity contribution in [3.05, 3.63) is 60.2 Å². The predicted molar refractivity (Wildman–Crippen MR) is 87.1 cm³/mol. The Labute approximate surface area is 129 Å². The minimum atomic E-state index is 0.282. The lowest BCUT2D eigenvalue weighted by molar-refractivity contribution is 0.0935. The Kier molecular flexibility index (Phi) is 4.23. The third-order valence-electron chi connectivity index (χ3n) is 4.07. The molecule has 3 unspecified atom stereocenters. The monoisotopic (exact) mass is 330 g/mol. The number of halogens is 1. The molecule has 1 aliphatic rings. The summed E-state index contributed by atoms with van der Waals surface area (Å²) < 4.78 is 5.85. The lowest BCUT2D eigenvalue weighted by atomic mass is 9.96. The summed E-state index contributed by atoms with van der Waals surface area (Å²) in [6, 6.07) is 19.3. The van der Waals surface area contributed by atoms with Crippen molar-refractivity contribution in [2.24, 2.45) is 5.92 Å². The van der Waals surface area contributed by atoms with Crippen LogP contribution in [0.1, 0.15) is 23.7 Å². The van der Waals surface area contributed by atoms with Crippen molar-refractivity contribution in [3.8, 4) is 11.1 Å². The van der Waals surface area contributed by atoms with Crippen molar-refractivity contribution >= 4 is 15.9 Å². The van der Waals surface area contributed by atoms with Gasteiger partial charge in [0.2, 0.25) is 0 Å². The van der Waals surface area contributed by atoms with Crippen LogP contribution < -0.4 is 0 Å². The molecule has 104 valence electrons. The van der Waals surface area contributed by atoms with Gasteiger partial charge in [-0.3, -0.25) is 0 Å². The van der Waals surface area contributed by atoms with Gasteiger partial charge in [0, 0.05) is 6.61 Å². The number of benzene rings is 2. The molecule has 2 heteroatoms. The Hall–Kier alpha value is -1.12. The standard InChI is InChI=1S/C18H19BrO/c1-13-11-12-20-18(13)17(19)16-9-7-15(8-10-16)14-5-3-2-4-6-14/h2-10,13,17-18H,11-12H2,1H3.